The zero-order chi connectivity index (χ0) is 18.2. The Labute approximate surface area is 167 Å². The van der Waals surface area contributed by atoms with Crippen molar-refractivity contribution >= 4 is 34.2 Å². The molecule has 5 rings (SSSR count). The third kappa shape index (κ3) is 2.85. The fourth-order valence-corrected chi connectivity index (χ4v) is 4.52. The normalized spacial score (nSPS) is 13.0. The lowest BCUT2D eigenvalue weighted by Crippen LogP contribution is -2.22. The first-order chi connectivity index (χ1) is 13.3. The lowest BCUT2D eigenvalue weighted by Gasteiger charge is -2.17. The van der Waals surface area contributed by atoms with Crippen molar-refractivity contribution in [2.24, 2.45) is 0 Å². The van der Waals surface area contributed by atoms with Gasteiger partial charge in [0.05, 0.1) is 22.8 Å². The molecule has 0 radical (unpaired) electrons. The predicted octanol–water partition coefficient (Wildman–Crippen LogP) is 5.57. The molecular formula is C22H15N3S2. The summed E-state index contributed by atoms with van der Waals surface area (Å²) in [4.78, 5) is 13.2. The van der Waals surface area contributed by atoms with Crippen LogP contribution in [0.2, 0.25) is 0 Å². The van der Waals surface area contributed by atoms with Crippen LogP contribution in [0.3, 0.4) is 0 Å². The summed E-state index contributed by atoms with van der Waals surface area (Å²) in [6.07, 6.45) is 3.59. The van der Waals surface area contributed by atoms with E-state index < -0.39 is 0 Å². The van der Waals surface area contributed by atoms with Crippen molar-refractivity contribution in [3.05, 3.63) is 89.7 Å². The van der Waals surface area contributed by atoms with Gasteiger partial charge in [-0.15, -0.1) is 11.3 Å². The lowest BCUT2D eigenvalue weighted by molar-refractivity contribution is 0.999. The molecule has 1 aliphatic rings. The summed E-state index contributed by atoms with van der Waals surface area (Å²) in [5, 5.41) is 2.08. The van der Waals surface area contributed by atoms with Crippen molar-refractivity contribution in [2.45, 2.75) is 6.54 Å². The van der Waals surface area contributed by atoms with E-state index in [1.165, 1.54) is 4.88 Å². The smallest absolute Gasteiger partial charge is 0.116 e. The fourth-order valence-electron chi connectivity index (χ4n) is 3.44. The number of hydrogen-bond donors (Lipinski definition) is 0. The van der Waals surface area contributed by atoms with Gasteiger partial charge in [-0.05, 0) is 40.8 Å². The number of aromatic nitrogens is 2. The van der Waals surface area contributed by atoms with Crippen molar-refractivity contribution in [2.75, 3.05) is 4.90 Å². The Balaban J connectivity index is 1.70. The van der Waals surface area contributed by atoms with Gasteiger partial charge < -0.3 is 4.90 Å². The monoisotopic (exact) mass is 385 g/mol. The van der Waals surface area contributed by atoms with Gasteiger partial charge in [-0.1, -0.05) is 48.6 Å². The molecule has 4 aromatic rings. The maximum Gasteiger partial charge on any atom is 0.116 e. The van der Waals surface area contributed by atoms with Crippen LogP contribution in [0.4, 0.5) is 5.69 Å². The number of fused-ring (bicyclic) bond motifs is 1. The van der Waals surface area contributed by atoms with Crippen LogP contribution in [0.5, 0.6) is 0 Å². The van der Waals surface area contributed by atoms with E-state index in [4.69, 9.17) is 17.2 Å². The van der Waals surface area contributed by atoms with E-state index in [1.807, 2.05) is 18.2 Å². The number of rotatable bonds is 3. The second kappa shape index (κ2) is 6.68. The molecule has 0 bridgehead atoms. The number of thiocarbonyl (C=S) groups is 1. The number of nitrogens with zero attached hydrogens (tertiary/aromatic N) is 3. The Hall–Kier alpha value is -2.89. The minimum Gasteiger partial charge on any atom is -0.326 e. The van der Waals surface area contributed by atoms with E-state index >= 15 is 0 Å². The zero-order valence-electron chi connectivity index (χ0n) is 14.4. The van der Waals surface area contributed by atoms with Crippen LogP contribution in [0.15, 0.2) is 78.4 Å². The number of thiophene rings is 1. The highest BCUT2D eigenvalue weighted by molar-refractivity contribution is 7.81. The Morgan fingerprint density at radius 3 is 2.52 bits per heavy atom. The Bertz CT molecular complexity index is 1110. The molecular weight excluding hydrogens is 370 g/mol. The SMILES string of the molecule is S=C1c2c(-c3ccccc3)cc(-c3cccs3)nc2CN1c1ccncc1. The highest BCUT2D eigenvalue weighted by Crippen LogP contribution is 2.38. The Kier molecular flexibility index (Phi) is 4.03. The van der Waals surface area contributed by atoms with Gasteiger partial charge in [0, 0.05) is 23.6 Å². The highest BCUT2D eigenvalue weighted by Gasteiger charge is 2.30. The van der Waals surface area contributed by atoms with Gasteiger partial charge in [0.1, 0.15) is 4.99 Å². The van der Waals surface area contributed by atoms with E-state index in [0.29, 0.717) is 6.54 Å². The maximum absolute atomic E-state index is 5.88. The van der Waals surface area contributed by atoms with Crippen molar-refractivity contribution in [3.8, 4) is 21.7 Å². The van der Waals surface area contributed by atoms with Crippen LogP contribution in [0, 0.1) is 0 Å². The van der Waals surface area contributed by atoms with Gasteiger partial charge in [0.15, 0.2) is 0 Å². The lowest BCUT2D eigenvalue weighted by atomic mass is 9.98. The topological polar surface area (TPSA) is 29.0 Å². The van der Waals surface area contributed by atoms with Gasteiger partial charge >= 0.3 is 0 Å². The van der Waals surface area contributed by atoms with Crippen molar-refractivity contribution in [1.82, 2.24) is 9.97 Å². The summed E-state index contributed by atoms with van der Waals surface area (Å²) in [5.41, 5.74) is 6.44. The van der Waals surface area contributed by atoms with Gasteiger partial charge in [-0.25, -0.2) is 4.98 Å². The fraction of sp³-hybridized carbons (Fsp3) is 0.0455. The van der Waals surface area contributed by atoms with Crippen molar-refractivity contribution in [3.63, 3.8) is 0 Å². The molecule has 3 nitrogen and oxygen atoms in total. The van der Waals surface area contributed by atoms with Crippen LogP contribution in [-0.2, 0) is 6.54 Å². The molecule has 5 heteroatoms. The summed E-state index contributed by atoms with van der Waals surface area (Å²) < 4.78 is 0. The van der Waals surface area contributed by atoms with Crippen molar-refractivity contribution < 1.29 is 0 Å². The van der Waals surface area contributed by atoms with E-state index in [-0.39, 0.29) is 0 Å². The molecule has 0 saturated carbocycles. The first-order valence-corrected chi connectivity index (χ1v) is 9.95. The minimum atomic E-state index is 0.678. The molecule has 0 fully saturated rings. The summed E-state index contributed by atoms with van der Waals surface area (Å²) in [5.74, 6) is 0. The second-order valence-electron chi connectivity index (χ2n) is 6.32. The number of pyridine rings is 2. The van der Waals surface area contributed by atoms with Crippen molar-refractivity contribution in [1.29, 1.82) is 0 Å². The standard InChI is InChI=1S/C22H15N3S2/c26-22-21-17(15-5-2-1-3-6-15)13-18(20-7-4-12-27-20)24-19(21)14-25(22)16-8-10-23-11-9-16/h1-13H,14H2. The molecule has 0 atom stereocenters. The molecule has 0 amide bonds. The van der Waals surface area contributed by atoms with Gasteiger partial charge in [0.2, 0.25) is 0 Å². The minimum absolute atomic E-state index is 0.678. The predicted molar refractivity (Wildman–Crippen MR) is 115 cm³/mol. The first-order valence-electron chi connectivity index (χ1n) is 8.66. The van der Waals surface area contributed by atoms with Gasteiger partial charge in [-0.3, -0.25) is 4.98 Å². The quantitative estimate of drug-likeness (QED) is 0.431. The number of benzene rings is 1. The van der Waals surface area contributed by atoms with Gasteiger partial charge in [0.25, 0.3) is 0 Å². The van der Waals surface area contributed by atoms with E-state index in [2.05, 4.69) is 57.7 Å². The molecule has 0 saturated heterocycles. The van der Waals surface area contributed by atoms with E-state index in [0.717, 1.165) is 38.8 Å². The van der Waals surface area contributed by atoms with E-state index in [9.17, 15) is 0 Å². The Morgan fingerprint density at radius 2 is 1.78 bits per heavy atom. The number of hydrogen-bond acceptors (Lipinski definition) is 4. The van der Waals surface area contributed by atoms with Crippen LogP contribution < -0.4 is 4.90 Å². The summed E-state index contributed by atoms with van der Waals surface area (Å²) in [6, 6.07) is 20.7. The third-order valence-electron chi connectivity index (χ3n) is 4.69. The molecule has 27 heavy (non-hydrogen) atoms. The first kappa shape index (κ1) is 16.3. The molecule has 0 unspecified atom stereocenters. The number of anilines is 1. The largest absolute Gasteiger partial charge is 0.326 e. The summed E-state index contributed by atoms with van der Waals surface area (Å²) in [7, 11) is 0. The molecule has 0 spiro atoms. The molecule has 3 aromatic heterocycles. The molecule has 1 aromatic carbocycles. The maximum atomic E-state index is 5.88. The zero-order valence-corrected chi connectivity index (χ0v) is 16.0. The third-order valence-corrected chi connectivity index (χ3v) is 6.01. The molecule has 4 heterocycles. The van der Waals surface area contributed by atoms with Crippen LogP contribution in [0.1, 0.15) is 11.3 Å². The van der Waals surface area contributed by atoms with Gasteiger partial charge in [-0.2, -0.15) is 0 Å². The highest BCUT2D eigenvalue weighted by atomic mass is 32.1. The molecule has 0 N–H and O–H groups in total. The molecule has 130 valence electrons. The van der Waals surface area contributed by atoms with Crippen LogP contribution in [0.25, 0.3) is 21.7 Å². The molecule has 1 aliphatic heterocycles. The second-order valence-corrected chi connectivity index (χ2v) is 7.65. The van der Waals surface area contributed by atoms with E-state index in [1.54, 1.807) is 23.7 Å². The van der Waals surface area contributed by atoms with Crippen LogP contribution in [-0.4, -0.2) is 15.0 Å². The molecule has 0 aliphatic carbocycles. The summed E-state index contributed by atoms with van der Waals surface area (Å²) in [6.45, 7) is 0.678. The van der Waals surface area contributed by atoms with Crippen LogP contribution >= 0.6 is 23.6 Å². The average molecular weight is 386 g/mol. The Morgan fingerprint density at radius 1 is 0.963 bits per heavy atom. The summed E-state index contributed by atoms with van der Waals surface area (Å²) >= 11 is 7.58. The average Bonchev–Trinajstić information content (AvgIpc) is 3.37.